The summed E-state index contributed by atoms with van der Waals surface area (Å²) in [6.07, 6.45) is -0.570. The van der Waals surface area contributed by atoms with Crippen LogP contribution in [0.2, 0.25) is 0 Å². The largest absolute Gasteiger partial charge is 0.444 e. The van der Waals surface area contributed by atoms with E-state index in [0.29, 0.717) is 32.5 Å². The van der Waals surface area contributed by atoms with Crippen molar-refractivity contribution in [3.05, 3.63) is 65.7 Å². The summed E-state index contributed by atoms with van der Waals surface area (Å²) in [5, 5.41) is 23.1. The molecular formula is C28H37N3O6S. The van der Waals surface area contributed by atoms with E-state index in [9.17, 15) is 18.3 Å². The highest BCUT2D eigenvalue weighted by Crippen LogP contribution is 2.21. The highest BCUT2D eigenvalue weighted by molar-refractivity contribution is 7.89. The maximum Gasteiger partial charge on any atom is 0.407 e. The number of hydrogen-bond donors (Lipinski definition) is 2. The van der Waals surface area contributed by atoms with E-state index in [1.54, 1.807) is 24.3 Å². The van der Waals surface area contributed by atoms with E-state index in [2.05, 4.69) is 11.4 Å². The number of amides is 1. The van der Waals surface area contributed by atoms with Gasteiger partial charge in [0.25, 0.3) is 0 Å². The number of hydrogen-bond acceptors (Lipinski definition) is 7. The molecule has 0 aliphatic carbocycles. The molecule has 1 heterocycles. The SMILES string of the molecule is Cc1ccc(S(=O)(=O)N(CC(C)CCC#N)CC(O)[C@H](Cc2ccccc2)NC(=O)OC2CCOC2)cc1. The second-order valence-corrected chi connectivity index (χ2v) is 11.8. The summed E-state index contributed by atoms with van der Waals surface area (Å²) < 4.78 is 39.2. The van der Waals surface area contributed by atoms with Gasteiger partial charge in [-0.1, -0.05) is 55.0 Å². The number of rotatable bonds is 13. The first kappa shape index (κ1) is 29.6. The Morgan fingerprint density at radius 1 is 1.21 bits per heavy atom. The highest BCUT2D eigenvalue weighted by Gasteiger charge is 2.32. The molecule has 4 atom stereocenters. The summed E-state index contributed by atoms with van der Waals surface area (Å²) in [4.78, 5) is 12.8. The fourth-order valence-electron chi connectivity index (χ4n) is 4.31. The first-order chi connectivity index (χ1) is 18.2. The predicted molar refractivity (Wildman–Crippen MR) is 143 cm³/mol. The number of nitriles is 1. The van der Waals surface area contributed by atoms with Gasteiger partial charge in [-0.25, -0.2) is 13.2 Å². The van der Waals surface area contributed by atoms with E-state index >= 15 is 0 Å². The second kappa shape index (κ2) is 14.3. The fraction of sp³-hybridized carbons (Fsp3) is 0.500. The zero-order chi connectivity index (χ0) is 27.5. The molecule has 1 aliphatic rings. The van der Waals surface area contributed by atoms with Crippen LogP contribution in [-0.4, -0.2) is 68.5 Å². The Bertz CT molecular complexity index is 1160. The number of aliphatic hydroxyl groups excluding tert-OH is 1. The van der Waals surface area contributed by atoms with Crippen molar-refractivity contribution in [3.63, 3.8) is 0 Å². The van der Waals surface area contributed by atoms with Gasteiger partial charge in [0.15, 0.2) is 0 Å². The minimum Gasteiger partial charge on any atom is -0.444 e. The number of benzene rings is 2. The summed E-state index contributed by atoms with van der Waals surface area (Å²) in [5.74, 6) is -0.116. The van der Waals surface area contributed by atoms with Crippen molar-refractivity contribution in [3.8, 4) is 6.07 Å². The molecule has 3 rings (SSSR count). The van der Waals surface area contributed by atoms with Gasteiger partial charge in [0.05, 0.1) is 36.3 Å². The molecule has 2 aromatic carbocycles. The lowest BCUT2D eigenvalue weighted by atomic mass is 10.0. The number of nitrogens with zero attached hydrogens (tertiary/aromatic N) is 2. The van der Waals surface area contributed by atoms with E-state index in [4.69, 9.17) is 14.7 Å². The lowest BCUT2D eigenvalue weighted by Crippen LogP contribution is -2.51. The zero-order valence-corrected chi connectivity index (χ0v) is 22.8. The summed E-state index contributed by atoms with van der Waals surface area (Å²) >= 11 is 0. The van der Waals surface area contributed by atoms with E-state index in [0.717, 1.165) is 11.1 Å². The average molecular weight is 544 g/mol. The molecule has 38 heavy (non-hydrogen) atoms. The van der Waals surface area contributed by atoms with Crippen LogP contribution in [0.1, 0.15) is 37.3 Å². The van der Waals surface area contributed by atoms with Crippen LogP contribution in [0.25, 0.3) is 0 Å². The van der Waals surface area contributed by atoms with Gasteiger partial charge in [0, 0.05) is 25.9 Å². The van der Waals surface area contributed by atoms with Crippen LogP contribution in [0.3, 0.4) is 0 Å². The molecule has 0 saturated carbocycles. The van der Waals surface area contributed by atoms with Crippen molar-refractivity contribution in [2.45, 2.75) is 62.7 Å². The molecule has 9 nitrogen and oxygen atoms in total. The molecule has 1 saturated heterocycles. The summed E-state index contributed by atoms with van der Waals surface area (Å²) in [6.45, 7) is 4.47. The minimum atomic E-state index is -3.96. The number of alkyl carbamates (subject to hydrolysis) is 1. The first-order valence-electron chi connectivity index (χ1n) is 12.9. The number of ether oxygens (including phenoxy) is 2. The molecule has 2 N–H and O–H groups in total. The van der Waals surface area contributed by atoms with Gasteiger partial charge in [-0.3, -0.25) is 0 Å². The Hall–Kier alpha value is -2.97. The Balaban J connectivity index is 1.83. The third kappa shape index (κ3) is 8.81. The van der Waals surface area contributed by atoms with Gasteiger partial charge in [-0.2, -0.15) is 9.57 Å². The first-order valence-corrected chi connectivity index (χ1v) is 14.3. The standard InChI is InChI=1S/C28H37N3O6S/c1-21-10-12-25(13-11-21)38(34,35)31(18-22(2)7-6-15-29)19-27(32)26(17-23-8-4-3-5-9-23)30-28(33)37-24-14-16-36-20-24/h3-5,8-13,22,24,26-27,32H,6-7,14,16-20H2,1-2H3,(H,30,33)/t22?,24?,26-,27?/m0/s1. The smallest absolute Gasteiger partial charge is 0.407 e. The van der Waals surface area contributed by atoms with Crippen LogP contribution in [0.15, 0.2) is 59.5 Å². The lowest BCUT2D eigenvalue weighted by Gasteiger charge is -2.31. The van der Waals surface area contributed by atoms with E-state index in [-0.39, 0.29) is 36.4 Å². The van der Waals surface area contributed by atoms with Crippen molar-refractivity contribution in [2.75, 3.05) is 26.3 Å². The van der Waals surface area contributed by atoms with Crippen LogP contribution in [0, 0.1) is 24.2 Å². The number of carbonyl (C=O) groups is 1. The molecule has 1 amide bonds. The Labute approximate surface area is 225 Å². The molecule has 0 radical (unpaired) electrons. The number of nitrogens with one attached hydrogen (secondary N) is 1. The van der Waals surface area contributed by atoms with Gasteiger partial charge in [-0.05, 0) is 43.4 Å². The van der Waals surface area contributed by atoms with E-state index in [1.807, 2.05) is 44.2 Å². The Morgan fingerprint density at radius 2 is 1.92 bits per heavy atom. The fourth-order valence-corrected chi connectivity index (χ4v) is 5.89. The third-order valence-corrected chi connectivity index (χ3v) is 8.39. The average Bonchev–Trinajstić information content (AvgIpc) is 3.40. The highest BCUT2D eigenvalue weighted by atomic mass is 32.2. The van der Waals surface area contributed by atoms with Crippen LogP contribution in [0.4, 0.5) is 4.79 Å². The van der Waals surface area contributed by atoms with Crippen molar-refractivity contribution < 1.29 is 27.8 Å². The predicted octanol–water partition coefficient (Wildman–Crippen LogP) is 3.41. The topological polar surface area (TPSA) is 129 Å². The van der Waals surface area contributed by atoms with Gasteiger partial charge < -0.3 is 19.9 Å². The third-order valence-electron chi connectivity index (χ3n) is 6.54. The minimum absolute atomic E-state index is 0.116. The van der Waals surface area contributed by atoms with Crippen LogP contribution in [-0.2, 0) is 25.9 Å². The molecule has 1 aliphatic heterocycles. The van der Waals surface area contributed by atoms with Crippen molar-refractivity contribution >= 4 is 16.1 Å². The van der Waals surface area contributed by atoms with Crippen molar-refractivity contribution in [1.29, 1.82) is 5.26 Å². The van der Waals surface area contributed by atoms with Crippen LogP contribution in [0.5, 0.6) is 0 Å². The molecule has 0 bridgehead atoms. The molecule has 1 fully saturated rings. The molecule has 2 aromatic rings. The second-order valence-electron chi connectivity index (χ2n) is 9.84. The number of aryl methyl sites for hydroxylation is 1. The van der Waals surface area contributed by atoms with Crippen LogP contribution >= 0.6 is 0 Å². The van der Waals surface area contributed by atoms with Crippen molar-refractivity contribution in [1.82, 2.24) is 9.62 Å². The van der Waals surface area contributed by atoms with Gasteiger partial charge in [-0.15, -0.1) is 0 Å². The van der Waals surface area contributed by atoms with E-state index in [1.165, 1.54) is 4.31 Å². The number of aliphatic hydroxyl groups is 1. The summed E-state index contributed by atoms with van der Waals surface area (Å²) in [7, 11) is -3.96. The molecule has 0 spiro atoms. The maximum atomic E-state index is 13.6. The number of carbonyl (C=O) groups excluding carboxylic acids is 1. The Morgan fingerprint density at radius 3 is 2.55 bits per heavy atom. The molecule has 0 aromatic heterocycles. The molecular weight excluding hydrogens is 506 g/mol. The maximum absolute atomic E-state index is 13.6. The van der Waals surface area contributed by atoms with Gasteiger partial charge in [0.2, 0.25) is 10.0 Å². The van der Waals surface area contributed by atoms with Gasteiger partial charge >= 0.3 is 6.09 Å². The number of sulfonamides is 1. The van der Waals surface area contributed by atoms with Crippen molar-refractivity contribution in [2.24, 2.45) is 5.92 Å². The zero-order valence-electron chi connectivity index (χ0n) is 22.0. The molecule has 206 valence electrons. The molecule has 3 unspecified atom stereocenters. The Kier molecular flexibility index (Phi) is 11.1. The lowest BCUT2D eigenvalue weighted by molar-refractivity contribution is 0.0642. The van der Waals surface area contributed by atoms with Crippen LogP contribution < -0.4 is 5.32 Å². The van der Waals surface area contributed by atoms with E-state index < -0.39 is 28.3 Å². The van der Waals surface area contributed by atoms with Gasteiger partial charge in [0.1, 0.15) is 6.10 Å². The monoisotopic (exact) mass is 543 g/mol. The molecule has 10 heteroatoms. The quantitative estimate of drug-likeness (QED) is 0.396. The summed E-state index contributed by atoms with van der Waals surface area (Å²) in [5.41, 5.74) is 1.80. The normalized spacial score (nSPS) is 17.9. The summed E-state index contributed by atoms with van der Waals surface area (Å²) in [6, 6.07) is 17.2.